The fourth-order valence-electron chi connectivity index (χ4n) is 4.98. The van der Waals surface area contributed by atoms with E-state index < -0.39 is 11.9 Å². The van der Waals surface area contributed by atoms with Crippen LogP contribution in [0.5, 0.6) is 0 Å². The number of amides is 1. The minimum Gasteiger partial charge on any atom is -0.480 e. The minimum absolute atomic E-state index is 0.0535. The van der Waals surface area contributed by atoms with Gasteiger partial charge in [-0.25, -0.2) is 4.98 Å². The molecule has 1 aliphatic carbocycles. The Balaban J connectivity index is 1.54. The number of fused-ring (bicyclic) bond motifs is 1. The van der Waals surface area contributed by atoms with E-state index in [2.05, 4.69) is 4.90 Å². The van der Waals surface area contributed by atoms with Gasteiger partial charge < -0.3 is 15.7 Å². The summed E-state index contributed by atoms with van der Waals surface area (Å²) in [5.74, 6) is -0.439. The summed E-state index contributed by atoms with van der Waals surface area (Å²) in [7, 11) is 1.90. The zero-order chi connectivity index (χ0) is 18.5. The maximum atomic E-state index is 12.0. The number of carbonyl (C=O) groups excluding carboxylic acids is 1. The number of hydrogen-bond donors (Lipinski definition) is 2. The van der Waals surface area contributed by atoms with Gasteiger partial charge in [-0.3, -0.25) is 14.5 Å². The Morgan fingerprint density at radius 1 is 1.31 bits per heavy atom. The van der Waals surface area contributed by atoms with Crippen molar-refractivity contribution in [3.05, 3.63) is 22.9 Å². The molecule has 0 radical (unpaired) electrons. The van der Waals surface area contributed by atoms with E-state index in [1.54, 1.807) is 0 Å². The lowest BCUT2D eigenvalue weighted by atomic mass is 9.76. The molecule has 1 spiro atoms. The lowest BCUT2D eigenvalue weighted by molar-refractivity contribution is -0.141. The third-order valence-electron chi connectivity index (χ3n) is 6.45. The van der Waals surface area contributed by atoms with Gasteiger partial charge >= 0.3 is 5.97 Å². The van der Waals surface area contributed by atoms with Crippen LogP contribution in [0.4, 0.5) is 5.82 Å². The number of pyridine rings is 1. The van der Waals surface area contributed by atoms with Crippen molar-refractivity contribution in [2.75, 3.05) is 31.6 Å². The average Bonchev–Trinajstić information content (AvgIpc) is 3.18. The molecule has 140 valence electrons. The van der Waals surface area contributed by atoms with Crippen LogP contribution in [-0.4, -0.2) is 59.6 Å². The van der Waals surface area contributed by atoms with Crippen LogP contribution in [0.3, 0.4) is 0 Å². The van der Waals surface area contributed by atoms with Crippen LogP contribution in [0.25, 0.3) is 0 Å². The Kier molecular flexibility index (Phi) is 4.14. The van der Waals surface area contributed by atoms with Crippen molar-refractivity contribution in [2.24, 2.45) is 11.1 Å². The normalized spacial score (nSPS) is 24.8. The van der Waals surface area contributed by atoms with E-state index in [4.69, 9.17) is 10.7 Å². The van der Waals surface area contributed by atoms with Crippen molar-refractivity contribution in [2.45, 2.75) is 44.6 Å². The summed E-state index contributed by atoms with van der Waals surface area (Å²) in [6.45, 7) is 2.39. The van der Waals surface area contributed by atoms with Gasteiger partial charge in [0, 0.05) is 25.3 Å². The monoisotopic (exact) mass is 358 g/mol. The molecule has 4 rings (SSSR count). The number of carboxylic acids is 1. The number of aryl methyl sites for hydroxylation is 2. The third-order valence-corrected chi connectivity index (χ3v) is 6.45. The first kappa shape index (κ1) is 17.3. The molecule has 1 aromatic heterocycles. The Hall–Kier alpha value is -2.15. The molecule has 0 bridgehead atoms. The number of carbonyl (C=O) groups is 2. The van der Waals surface area contributed by atoms with Crippen molar-refractivity contribution >= 4 is 17.7 Å². The first-order valence-corrected chi connectivity index (χ1v) is 9.39. The lowest BCUT2D eigenvalue weighted by Crippen LogP contribution is -2.42. The van der Waals surface area contributed by atoms with Crippen molar-refractivity contribution in [3.8, 4) is 0 Å². The summed E-state index contributed by atoms with van der Waals surface area (Å²) < 4.78 is 0. The quantitative estimate of drug-likeness (QED) is 0.838. The molecule has 0 aromatic carbocycles. The standard InChI is InChI=1S/C19H26N4O3/c1-22-11-19(10-15(22)18(25)26)5-7-23(8-6-19)17-13(16(20)24)9-12-3-2-4-14(12)21-17/h9,15H,2-8,10-11H2,1H3,(H2,20,24)(H,25,26)/t15-/m1/s1. The highest BCUT2D eigenvalue weighted by atomic mass is 16.4. The topological polar surface area (TPSA) is 99.8 Å². The molecule has 2 aliphatic heterocycles. The largest absolute Gasteiger partial charge is 0.480 e. The first-order chi connectivity index (χ1) is 12.4. The number of aliphatic carboxylic acids is 1. The fraction of sp³-hybridized carbons (Fsp3) is 0.632. The molecule has 7 heteroatoms. The van der Waals surface area contributed by atoms with Gasteiger partial charge in [0.25, 0.3) is 5.91 Å². The van der Waals surface area contributed by atoms with Gasteiger partial charge in [0.05, 0.1) is 5.56 Å². The van der Waals surface area contributed by atoms with Crippen molar-refractivity contribution in [1.82, 2.24) is 9.88 Å². The number of piperidine rings is 1. The summed E-state index contributed by atoms with van der Waals surface area (Å²) in [6.07, 6.45) is 5.54. The molecular formula is C19H26N4O3. The number of nitrogens with two attached hydrogens (primary N) is 1. The number of likely N-dealkylation sites (N-methyl/N-ethyl adjacent to an activating group) is 1. The average molecular weight is 358 g/mol. The Morgan fingerprint density at radius 2 is 2.04 bits per heavy atom. The van der Waals surface area contributed by atoms with E-state index in [0.29, 0.717) is 17.8 Å². The predicted octanol–water partition coefficient (Wildman–Crippen LogP) is 1.04. The molecule has 3 heterocycles. The van der Waals surface area contributed by atoms with E-state index in [1.165, 1.54) is 0 Å². The van der Waals surface area contributed by atoms with Gasteiger partial charge in [-0.1, -0.05) is 0 Å². The number of carboxylic acid groups (broad SMARTS) is 1. The van der Waals surface area contributed by atoms with E-state index in [1.807, 2.05) is 18.0 Å². The number of primary amides is 1. The number of likely N-dealkylation sites (tertiary alicyclic amines) is 1. The Morgan fingerprint density at radius 3 is 2.65 bits per heavy atom. The predicted molar refractivity (Wildman–Crippen MR) is 97.3 cm³/mol. The second-order valence-corrected chi connectivity index (χ2v) is 8.14. The second kappa shape index (κ2) is 6.23. The molecule has 0 unspecified atom stereocenters. The summed E-state index contributed by atoms with van der Waals surface area (Å²) in [4.78, 5) is 32.3. The number of rotatable bonds is 3. The van der Waals surface area contributed by atoms with Crippen LogP contribution < -0.4 is 10.6 Å². The van der Waals surface area contributed by atoms with Gasteiger partial charge in [0.15, 0.2) is 0 Å². The first-order valence-electron chi connectivity index (χ1n) is 9.39. The maximum absolute atomic E-state index is 12.0. The number of nitrogens with zero attached hydrogens (tertiary/aromatic N) is 3. The SMILES string of the molecule is CN1CC2(CCN(c3nc4c(cc3C(N)=O)CCC4)CC2)C[C@@H]1C(=O)O. The zero-order valence-corrected chi connectivity index (χ0v) is 15.2. The lowest BCUT2D eigenvalue weighted by Gasteiger charge is -2.40. The Labute approximate surface area is 153 Å². The van der Waals surface area contributed by atoms with Crippen LogP contribution in [0.2, 0.25) is 0 Å². The molecule has 3 N–H and O–H groups in total. The van der Waals surface area contributed by atoms with Gasteiger partial charge in [-0.15, -0.1) is 0 Å². The molecule has 26 heavy (non-hydrogen) atoms. The molecule has 0 saturated carbocycles. The van der Waals surface area contributed by atoms with Gasteiger partial charge in [-0.2, -0.15) is 0 Å². The zero-order valence-electron chi connectivity index (χ0n) is 15.2. The molecule has 1 amide bonds. The maximum Gasteiger partial charge on any atom is 0.320 e. The molecular weight excluding hydrogens is 332 g/mol. The molecule has 3 aliphatic rings. The highest BCUT2D eigenvalue weighted by Crippen LogP contribution is 2.44. The smallest absolute Gasteiger partial charge is 0.320 e. The second-order valence-electron chi connectivity index (χ2n) is 8.14. The van der Waals surface area contributed by atoms with E-state index in [0.717, 1.165) is 63.0 Å². The molecule has 7 nitrogen and oxygen atoms in total. The van der Waals surface area contributed by atoms with Crippen LogP contribution in [0, 0.1) is 5.41 Å². The van der Waals surface area contributed by atoms with Crippen molar-refractivity contribution in [1.29, 1.82) is 0 Å². The van der Waals surface area contributed by atoms with Crippen LogP contribution in [-0.2, 0) is 17.6 Å². The summed E-state index contributed by atoms with van der Waals surface area (Å²) in [6, 6.07) is 1.54. The van der Waals surface area contributed by atoms with Gasteiger partial charge in [0.2, 0.25) is 0 Å². The summed E-state index contributed by atoms with van der Waals surface area (Å²) in [5, 5.41) is 9.40. The highest BCUT2D eigenvalue weighted by Gasteiger charge is 2.47. The highest BCUT2D eigenvalue weighted by molar-refractivity contribution is 5.98. The number of hydrogen-bond acceptors (Lipinski definition) is 5. The summed E-state index contributed by atoms with van der Waals surface area (Å²) >= 11 is 0. The van der Waals surface area contributed by atoms with E-state index in [9.17, 15) is 14.7 Å². The molecule has 1 atom stereocenters. The van der Waals surface area contributed by atoms with E-state index in [-0.39, 0.29) is 11.5 Å². The van der Waals surface area contributed by atoms with Crippen LogP contribution >= 0.6 is 0 Å². The number of aromatic nitrogens is 1. The van der Waals surface area contributed by atoms with Crippen LogP contribution in [0.1, 0.15) is 47.3 Å². The van der Waals surface area contributed by atoms with Crippen molar-refractivity contribution in [3.63, 3.8) is 0 Å². The van der Waals surface area contributed by atoms with Gasteiger partial charge in [0.1, 0.15) is 11.9 Å². The Bertz CT molecular complexity index is 755. The fourth-order valence-corrected chi connectivity index (χ4v) is 4.98. The summed E-state index contributed by atoms with van der Waals surface area (Å²) in [5.41, 5.74) is 8.44. The van der Waals surface area contributed by atoms with Crippen molar-refractivity contribution < 1.29 is 14.7 Å². The third kappa shape index (κ3) is 2.84. The molecule has 1 aromatic rings. The minimum atomic E-state index is -0.733. The molecule has 2 saturated heterocycles. The molecule has 2 fully saturated rings. The van der Waals surface area contributed by atoms with Gasteiger partial charge in [-0.05, 0) is 62.6 Å². The van der Waals surface area contributed by atoms with E-state index >= 15 is 0 Å². The number of anilines is 1. The van der Waals surface area contributed by atoms with Crippen LogP contribution in [0.15, 0.2) is 6.07 Å².